The highest BCUT2D eigenvalue weighted by Gasteiger charge is 2.25. The van der Waals surface area contributed by atoms with Crippen LogP contribution in [0, 0.1) is 13.8 Å². The molecule has 1 aliphatic carbocycles. The van der Waals surface area contributed by atoms with Gasteiger partial charge in [-0.2, -0.15) is 8.42 Å². The van der Waals surface area contributed by atoms with E-state index in [1.54, 1.807) is 63.2 Å². The van der Waals surface area contributed by atoms with Crippen LogP contribution in [-0.2, 0) is 29.5 Å². The zero-order chi connectivity index (χ0) is 26.6. The standard InChI is InChI=1S/C27H34N2O5S2/c1-20-9-14-24(15-10-20)35(31,29-36(32,33)25-16-11-21(2)12-17-25)28-23-8-6-7-22(19-23)13-18-26(30)34-27(3,4)5/h9-19,23H,6-8H2,1-5H3,(H,28,29,31)/b18-13+/t23-,35?/m1/s1. The Kier molecular flexibility index (Phi) is 8.59. The summed E-state index contributed by atoms with van der Waals surface area (Å²) in [6, 6.07) is 12.7. The zero-order valence-electron chi connectivity index (χ0n) is 21.4. The van der Waals surface area contributed by atoms with E-state index in [-0.39, 0.29) is 9.79 Å². The molecule has 36 heavy (non-hydrogen) atoms. The minimum atomic E-state index is -4.20. The summed E-state index contributed by atoms with van der Waals surface area (Å²) in [4.78, 5) is 12.3. The van der Waals surface area contributed by atoms with Crippen molar-refractivity contribution in [3.05, 3.63) is 83.5 Å². The van der Waals surface area contributed by atoms with Gasteiger partial charge in [0.1, 0.15) is 5.60 Å². The van der Waals surface area contributed by atoms with Crippen molar-refractivity contribution in [1.29, 1.82) is 0 Å². The Balaban J connectivity index is 1.96. The molecule has 0 saturated heterocycles. The first-order valence-corrected chi connectivity index (χ1v) is 14.8. The van der Waals surface area contributed by atoms with E-state index in [1.807, 2.05) is 19.9 Å². The van der Waals surface area contributed by atoms with Crippen LogP contribution >= 0.6 is 0 Å². The molecular formula is C27H34N2O5S2. The van der Waals surface area contributed by atoms with E-state index < -0.39 is 37.6 Å². The zero-order valence-corrected chi connectivity index (χ0v) is 23.0. The first kappa shape index (κ1) is 27.8. The second kappa shape index (κ2) is 11.1. The van der Waals surface area contributed by atoms with Crippen LogP contribution in [0.3, 0.4) is 0 Å². The molecule has 0 spiro atoms. The van der Waals surface area contributed by atoms with Crippen molar-refractivity contribution in [2.45, 2.75) is 75.3 Å². The normalized spacial score (nSPS) is 18.4. The van der Waals surface area contributed by atoms with Crippen LogP contribution in [0.25, 0.3) is 0 Å². The number of sulfonamides is 1. The molecule has 194 valence electrons. The molecule has 0 aromatic heterocycles. The van der Waals surface area contributed by atoms with Crippen LogP contribution in [-0.4, -0.2) is 30.2 Å². The predicted octanol–water partition coefficient (Wildman–Crippen LogP) is 5.40. The van der Waals surface area contributed by atoms with Gasteiger partial charge in [0, 0.05) is 12.1 Å². The first-order chi connectivity index (χ1) is 16.8. The molecule has 9 heteroatoms. The molecule has 2 aromatic carbocycles. The number of hydrogen-bond acceptors (Lipinski definition) is 5. The van der Waals surface area contributed by atoms with Crippen molar-refractivity contribution in [2.24, 2.45) is 3.77 Å². The van der Waals surface area contributed by atoms with Crippen molar-refractivity contribution in [2.75, 3.05) is 0 Å². The Bertz CT molecular complexity index is 1380. The number of nitrogens with zero attached hydrogens (tertiary/aromatic N) is 1. The minimum absolute atomic E-state index is 0.0186. The summed E-state index contributed by atoms with van der Waals surface area (Å²) in [5.74, 6) is -0.443. The molecule has 1 aliphatic rings. The number of allylic oxidation sites excluding steroid dienone is 2. The molecule has 2 atom stereocenters. The molecule has 0 bridgehead atoms. The lowest BCUT2D eigenvalue weighted by molar-refractivity contribution is -0.148. The van der Waals surface area contributed by atoms with E-state index in [9.17, 15) is 17.4 Å². The number of ether oxygens (including phenoxy) is 1. The number of benzene rings is 2. The van der Waals surface area contributed by atoms with Crippen LogP contribution in [0.1, 0.15) is 51.2 Å². The Labute approximate surface area is 215 Å². The largest absolute Gasteiger partial charge is 0.457 e. The lowest BCUT2D eigenvalue weighted by Gasteiger charge is -2.23. The van der Waals surface area contributed by atoms with Crippen LogP contribution in [0.2, 0.25) is 0 Å². The molecule has 7 nitrogen and oxygen atoms in total. The molecule has 0 radical (unpaired) electrons. The maximum atomic E-state index is 14.2. The average Bonchev–Trinajstić information content (AvgIpc) is 2.77. The van der Waals surface area contributed by atoms with Gasteiger partial charge in [-0.3, -0.25) is 0 Å². The second-order valence-corrected chi connectivity index (χ2v) is 13.7. The molecule has 0 amide bonds. The Morgan fingerprint density at radius 2 is 1.53 bits per heavy atom. The van der Waals surface area contributed by atoms with E-state index in [2.05, 4.69) is 8.49 Å². The fourth-order valence-electron chi connectivity index (χ4n) is 3.65. The predicted molar refractivity (Wildman–Crippen MR) is 142 cm³/mol. The van der Waals surface area contributed by atoms with Crippen molar-refractivity contribution in [1.82, 2.24) is 4.72 Å². The summed E-state index contributed by atoms with van der Waals surface area (Å²) in [5, 5.41) is 0. The van der Waals surface area contributed by atoms with Crippen LogP contribution in [0.4, 0.5) is 0 Å². The summed E-state index contributed by atoms with van der Waals surface area (Å²) >= 11 is 0. The van der Waals surface area contributed by atoms with Crippen molar-refractivity contribution in [3.8, 4) is 0 Å². The molecule has 0 saturated carbocycles. The van der Waals surface area contributed by atoms with Crippen molar-refractivity contribution < 1.29 is 22.2 Å². The summed E-state index contributed by atoms with van der Waals surface area (Å²) in [7, 11) is -7.76. The van der Waals surface area contributed by atoms with Gasteiger partial charge < -0.3 is 4.74 Å². The maximum absolute atomic E-state index is 14.2. The van der Waals surface area contributed by atoms with Gasteiger partial charge in [0.2, 0.25) is 0 Å². The number of rotatable bonds is 7. The van der Waals surface area contributed by atoms with E-state index in [4.69, 9.17) is 4.74 Å². The molecule has 1 unspecified atom stereocenters. The van der Waals surface area contributed by atoms with Crippen LogP contribution in [0.15, 0.2) is 85.9 Å². The van der Waals surface area contributed by atoms with Gasteiger partial charge in [0.05, 0.1) is 9.79 Å². The van der Waals surface area contributed by atoms with E-state index in [1.165, 1.54) is 18.2 Å². The Hall–Kier alpha value is -2.75. The van der Waals surface area contributed by atoms with Gasteiger partial charge in [-0.1, -0.05) is 56.9 Å². The molecule has 2 aromatic rings. The van der Waals surface area contributed by atoms with Gasteiger partial charge in [-0.05, 0) is 78.1 Å². The maximum Gasteiger partial charge on any atom is 0.331 e. The lowest BCUT2D eigenvalue weighted by Crippen LogP contribution is -2.35. The fraction of sp³-hybridized carbons (Fsp3) is 0.370. The number of aryl methyl sites for hydroxylation is 2. The minimum Gasteiger partial charge on any atom is -0.457 e. The average molecular weight is 531 g/mol. The van der Waals surface area contributed by atoms with E-state index >= 15 is 0 Å². The molecule has 0 heterocycles. The lowest BCUT2D eigenvalue weighted by atomic mass is 9.96. The molecule has 0 fully saturated rings. The summed E-state index contributed by atoms with van der Waals surface area (Å²) in [5.41, 5.74) is 2.15. The highest BCUT2D eigenvalue weighted by molar-refractivity contribution is 8.02. The van der Waals surface area contributed by atoms with Crippen LogP contribution < -0.4 is 4.72 Å². The van der Waals surface area contributed by atoms with Crippen molar-refractivity contribution >= 4 is 25.9 Å². The topological polar surface area (TPSA) is 102 Å². The Morgan fingerprint density at radius 1 is 0.972 bits per heavy atom. The van der Waals surface area contributed by atoms with E-state index in [0.717, 1.165) is 29.5 Å². The highest BCUT2D eigenvalue weighted by atomic mass is 32.3. The quantitative estimate of drug-likeness (QED) is 0.381. The van der Waals surface area contributed by atoms with Gasteiger partial charge in [-0.25, -0.2) is 13.7 Å². The second-order valence-electron chi connectivity index (χ2n) is 9.93. The van der Waals surface area contributed by atoms with Gasteiger partial charge >= 0.3 is 5.97 Å². The molecule has 3 rings (SSSR count). The van der Waals surface area contributed by atoms with Crippen molar-refractivity contribution in [3.63, 3.8) is 0 Å². The first-order valence-electron chi connectivity index (χ1n) is 11.8. The third-order valence-corrected chi connectivity index (χ3v) is 9.44. The van der Waals surface area contributed by atoms with Gasteiger partial charge in [0.25, 0.3) is 10.0 Å². The Morgan fingerprint density at radius 3 is 2.08 bits per heavy atom. The SMILES string of the molecule is Cc1ccc(S(=O)(=O)N=S(=O)(N[C@H]2C=C(/C=C/C(=O)OC(C)(C)C)CCC2)c2ccc(C)cc2)cc1. The third kappa shape index (κ3) is 7.88. The fourth-order valence-corrected chi connectivity index (χ4v) is 7.33. The number of esters is 1. The smallest absolute Gasteiger partial charge is 0.331 e. The van der Waals surface area contributed by atoms with Gasteiger partial charge in [0.15, 0.2) is 9.92 Å². The number of hydrogen-bond donors (Lipinski definition) is 1. The van der Waals surface area contributed by atoms with E-state index in [0.29, 0.717) is 6.42 Å². The van der Waals surface area contributed by atoms with Gasteiger partial charge in [-0.15, -0.1) is 0 Å². The third-order valence-electron chi connectivity index (χ3n) is 5.41. The molecule has 1 N–H and O–H groups in total. The number of nitrogens with one attached hydrogen (secondary N) is 1. The number of carbonyl (C=O) groups excluding carboxylic acids is 1. The number of carbonyl (C=O) groups is 1. The molecule has 0 aliphatic heterocycles. The van der Waals surface area contributed by atoms with Crippen LogP contribution in [0.5, 0.6) is 0 Å². The summed E-state index contributed by atoms with van der Waals surface area (Å²) in [6.45, 7) is 9.15. The molecular weight excluding hydrogens is 496 g/mol. The highest BCUT2D eigenvalue weighted by Crippen LogP contribution is 2.24. The summed E-state index contributed by atoms with van der Waals surface area (Å²) < 4.78 is 52.7. The monoisotopic (exact) mass is 530 g/mol. The summed E-state index contributed by atoms with van der Waals surface area (Å²) in [6.07, 6.45) is 7.09.